The van der Waals surface area contributed by atoms with Gasteiger partial charge in [0, 0.05) is 19.4 Å². The van der Waals surface area contributed by atoms with E-state index in [1.165, 1.54) is 44.0 Å². The van der Waals surface area contributed by atoms with Crippen LogP contribution in [0.3, 0.4) is 0 Å². The molecule has 2 heterocycles. The molecule has 0 aliphatic carbocycles. The van der Waals surface area contributed by atoms with E-state index < -0.39 is 21.8 Å². The van der Waals surface area contributed by atoms with Crippen molar-refractivity contribution in [3.8, 4) is 5.75 Å². The first kappa shape index (κ1) is 30.5. The maximum absolute atomic E-state index is 13.5. The number of ether oxygens (including phenoxy) is 1. The molecule has 2 aromatic heterocycles. The average Bonchev–Trinajstić information content (AvgIpc) is 3.37. The van der Waals surface area contributed by atoms with Gasteiger partial charge >= 0.3 is 0 Å². The fourth-order valence-corrected chi connectivity index (χ4v) is 5.71. The third-order valence-corrected chi connectivity index (χ3v) is 7.98. The summed E-state index contributed by atoms with van der Waals surface area (Å²) < 4.78 is 32.7. The van der Waals surface area contributed by atoms with E-state index in [0.29, 0.717) is 21.0 Å². The zero-order valence-corrected chi connectivity index (χ0v) is 25.5. The van der Waals surface area contributed by atoms with Gasteiger partial charge in [-0.05, 0) is 46.7 Å². The Morgan fingerprint density at radius 3 is 2.14 bits per heavy atom. The van der Waals surface area contributed by atoms with Gasteiger partial charge in [-0.1, -0.05) is 32.9 Å². The van der Waals surface area contributed by atoms with Crippen molar-refractivity contribution in [1.29, 1.82) is 0 Å². The molecule has 2 aromatic carbocycles. The van der Waals surface area contributed by atoms with Crippen LogP contribution in [0.25, 0.3) is 10.1 Å². The summed E-state index contributed by atoms with van der Waals surface area (Å²) in [7, 11) is -0.747. The SMILES string of the molecule is CNC(=O)c1cncc(C(=O)Nc2cccc3cc(C(=O)Nc4cc(C(C)(C)C)cc(NS(C)(=O)=O)c4OC)sc23)c1. The number of aromatic nitrogens is 1. The van der Waals surface area contributed by atoms with Crippen LogP contribution in [0.4, 0.5) is 17.1 Å². The lowest BCUT2D eigenvalue weighted by molar-refractivity contribution is 0.0961. The summed E-state index contributed by atoms with van der Waals surface area (Å²) >= 11 is 1.18. The number of nitrogens with one attached hydrogen (secondary N) is 4. The molecule has 3 amide bonds. The molecule has 0 unspecified atom stereocenters. The Balaban J connectivity index is 1.66. The van der Waals surface area contributed by atoms with E-state index in [1.807, 2.05) is 26.8 Å². The first-order valence-electron chi connectivity index (χ1n) is 12.7. The molecule has 220 valence electrons. The number of anilines is 3. The highest BCUT2D eigenvalue weighted by molar-refractivity contribution is 7.92. The van der Waals surface area contributed by atoms with E-state index in [1.54, 1.807) is 30.3 Å². The normalized spacial score (nSPS) is 11.6. The number of amides is 3. The molecule has 0 atom stereocenters. The fourth-order valence-electron chi connectivity index (χ4n) is 4.13. The molecule has 0 aliphatic rings. The molecule has 4 N–H and O–H groups in total. The summed E-state index contributed by atoms with van der Waals surface area (Å²) in [4.78, 5) is 42.8. The fraction of sp³-hybridized carbons (Fsp3) is 0.241. The Labute approximate surface area is 247 Å². The number of fused-ring (bicyclic) bond motifs is 1. The highest BCUT2D eigenvalue weighted by Crippen LogP contribution is 2.40. The van der Waals surface area contributed by atoms with E-state index in [9.17, 15) is 22.8 Å². The highest BCUT2D eigenvalue weighted by Gasteiger charge is 2.23. The van der Waals surface area contributed by atoms with Gasteiger partial charge in [0.25, 0.3) is 17.7 Å². The Morgan fingerprint density at radius 1 is 0.881 bits per heavy atom. The van der Waals surface area contributed by atoms with E-state index >= 15 is 0 Å². The molecule has 0 saturated carbocycles. The van der Waals surface area contributed by atoms with Crippen LogP contribution in [0.5, 0.6) is 5.75 Å². The number of nitrogens with zero attached hydrogens (tertiary/aromatic N) is 1. The van der Waals surface area contributed by atoms with Crippen molar-refractivity contribution < 1.29 is 27.5 Å². The monoisotopic (exact) mass is 609 g/mol. The number of pyridine rings is 1. The van der Waals surface area contributed by atoms with Crippen LogP contribution >= 0.6 is 11.3 Å². The zero-order chi connectivity index (χ0) is 30.8. The summed E-state index contributed by atoms with van der Waals surface area (Å²) in [5.41, 5.74) is 1.86. The van der Waals surface area contributed by atoms with Crippen molar-refractivity contribution >= 4 is 66.2 Å². The van der Waals surface area contributed by atoms with E-state index in [0.717, 1.165) is 17.2 Å². The third kappa shape index (κ3) is 6.86. The summed E-state index contributed by atoms with van der Waals surface area (Å²) in [5.74, 6) is -1.10. The highest BCUT2D eigenvalue weighted by atomic mass is 32.2. The Kier molecular flexibility index (Phi) is 8.55. The summed E-state index contributed by atoms with van der Waals surface area (Å²) in [6, 6.07) is 11.9. The van der Waals surface area contributed by atoms with E-state index in [-0.39, 0.29) is 33.9 Å². The van der Waals surface area contributed by atoms with E-state index in [2.05, 4.69) is 25.7 Å². The summed E-state index contributed by atoms with van der Waals surface area (Å²) in [5, 5.41) is 8.93. The van der Waals surface area contributed by atoms with Gasteiger partial charge in [0.2, 0.25) is 10.0 Å². The van der Waals surface area contributed by atoms with Gasteiger partial charge < -0.3 is 20.7 Å². The second kappa shape index (κ2) is 11.8. The minimum absolute atomic E-state index is 0.170. The standard InChI is InChI=1S/C29H31N5O6S2/c1-29(2,3)19-12-21(24(40-5)22(13-19)34-42(6,38)39)33-28(37)23-11-16-8-7-9-20(25(16)41-23)32-27(36)18-10-17(14-31-15-18)26(35)30-4/h7-15,34H,1-6H3,(H,30,35)(H,32,36)(H,33,37). The average molecular weight is 610 g/mol. The molecule has 4 aromatic rings. The largest absolute Gasteiger partial charge is 0.492 e. The van der Waals surface area contributed by atoms with Gasteiger partial charge in [-0.3, -0.25) is 24.1 Å². The molecule has 0 bridgehead atoms. The predicted octanol–water partition coefficient (Wildman–Crippen LogP) is 4.84. The molecular weight excluding hydrogens is 578 g/mol. The van der Waals surface area contributed by atoms with Crippen molar-refractivity contribution in [3.63, 3.8) is 0 Å². The first-order chi connectivity index (χ1) is 19.7. The minimum Gasteiger partial charge on any atom is -0.492 e. The van der Waals surface area contributed by atoms with Crippen LogP contribution in [0, 0.1) is 0 Å². The molecule has 0 fully saturated rings. The quantitative estimate of drug-likeness (QED) is 0.223. The molecule has 0 aliphatic heterocycles. The number of rotatable bonds is 8. The second-order valence-electron chi connectivity index (χ2n) is 10.5. The van der Waals surface area contributed by atoms with Gasteiger partial charge in [0.1, 0.15) is 0 Å². The van der Waals surface area contributed by atoms with Gasteiger partial charge in [-0.2, -0.15) is 0 Å². The minimum atomic E-state index is -3.63. The Bertz CT molecular complexity index is 1810. The van der Waals surface area contributed by atoms with Crippen LogP contribution in [0.15, 0.2) is 54.9 Å². The number of carbonyl (C=O) groups excluding carboxylic acids is 3. The number of methoxy groups -OCH3 is 1. The summed E-state index contributed by atoms with van der Waals surface area (Å²) in [6.45, 7) is 5.91. The first-order valence-corrected chi connectivity index (χ1v) is 15.4. The predicted molar refractivity (Wildman–Crippen MR) is 166 cm³/mol. The van der Waals surface area contributed by atoms with Gasteiger partial charge in [-0.25, -0.2) is 8.42 Å². The van der Waals surface area contributed by atoms with Crippen molar-refractivity contribution in [2.24, 2.45) is 0 Å². The molecule has 11 nitrogen and oxygen atoms in total. The number of hydrogen-bond donors (Lipinski definition) is 4. The van der Waals surface area contributed by atoms with Gasteiger partial charge in [0.15, 0.2) is 5.75 Å². The van der Waals surface area contributed by atoms with Crippen molar-refractivity contribution in [1.82, 2.24) is 10.3 Å². The van der Waals surface area contributed by atoms with Crippen LogP contribution < -0.4 is 25.4 Å². The number of thiophene rings is 1. The molecule has 13 heteroatoms. The van der Waals surface area contributed by atoms with Crippen molar-refractivity contribution in [2.45, 2.75) is 26.2 Å². The van der Waals surface area contributed by atoms with Gasteiger partial charge in [-0.15, -0.1) is 11.3 Å². The number of hydrogen-bond acceptors (Lipinski definition) is 8. The number of carbonyl (C=O) groups is 3. The lowest BCUT2D eigenvalue weighted by Gasteiger charge is -2.23. The lowest BCUT2D eigenvalue weighted by Crippen LogP contribution is -2.19. The zero-order valence-electron chi connectivity index (χ0n) is 23.9. The molecule has 0 radical (unpaired) electrons. The molecule has 0 spiro atoms. The van der Waals surface area contributed by atoms with Gasteiger partial charge in [0.05, 0.1) is 51.1 Å². The molecular formula is C29H31N5O6S2. The van der Waals surface area contributed by atoms with Crippen LogP contribution in [0.2, 0.25) is 0 Å². The maximum atomic E-state index is 13.5. The second-order valence-corrected chi connectivity index (χ2v) is 13.3. The van der Waals surface area contributed by atoms with Crippen molar-refractivity contribution in [3.05, 3.63) is 76.4 Å². The van der Waals surface area contributed by atoms with Crippen molar-refractivity contribution in [2.75, 3.05) is 35.8 Å². The molecule has 0 saturated heterocycles. The topological polar surface area (TPSA) is 156 Å². The van der Waals surface area contributed by atoms with Crippen LogP contribution in [-0.4, -0.2) is 51.5 Å². The van der Waals surface area contributed by atoms with E-state index in [4.69, 9.17) is 4.74 Å². The molecule has 42 heavy (non-hydrogen) atoms. The maximum Gasteiger partial charge on any atom is 0.265 e. The summed E-state index contributed by atoms with van der Waals surface area (Å²) in [6.07, 6.45) is 3.77. The molecule has 4 rings (SSSR count). The lowest BCUT2D eigenvalue weighted by atomic mass is 9.86. The van der Waals surface area contributed by atoms with Crippen LogP contribution in [-0.2, 0) is 15.4 Å². The Morgan fingerprint density at radius 2 is 1.52 bits per heavy atom. The third-order valence-electron chi connectivity index (χ3n) is 6.21. The number of sulfonamides is 1. The van der Waals surface area contributed by atoms with Crippen LogP contribution in [0.1, 0.15) is 56.7 Å². The smallest absolute Gasteiger partial charge is 0.265 e. The Hall–Kier alpha value is -4.49. The number of benzene rings is 2.